The van der Waals surface area contributed by atoms with Crippen LogP contribution in [0.2, 0.25) is 0 Å². The highest BCUT2D eigenvalue weighted by molar-refractivity contribution is 5.77. The summed E-state index contributed by atoms with van der Waals surface area (Å²) in [6, 6.07) is 0.393. The first-order chi connectivity index (χ1) is 13.5. The number of piperidine rings is 1. The first-order valence-corrected chi connectivity index (χ1v) is 10.6. The zero-order valence-electron chi connectivity index (χ0n) is 17.1. The fraction of sp³-hybridized carbons (Fsp3) is 0.714. The lowest BCUT2D eigenvalue weighted by molar-refractivity contribution is -0.132. The van der Waals surface area contributed by atoms with Gasteiger partial charge in [-0.25, -0.2) is 9.97 Å². The Bertz CT molecular complexity index is 752. The van der Waals surface area contributed by atoms with E-state index in [1.807, 2.05) is 16.0 Å². The molecule has 4 rings (SSSR count). The van der Waals surface area contributed by atoms with Crippen LogP contribution in [0.25, 0.3) is 0 Å². The van der Waals surface area contributed by atoms with Crippen molar-refractivity contribution < 1.29 is 9.59 Å². The van der Waals surface area contributed by atoms with E-state index in [0.717, 1.165) is 62.5 Å². The topological polar surface area (TPSA) is 69.6 Å². The summed E-state index contributed by atoms with van der Waals surface area (Å²) in [7, 11) is 2.14. The van der Waals surface area contributed by atoms with E-state index in [1.165, 1.54) is 12.8 Å². The lowest BCUT2D eigenvalue weighted by Crippen LogP contribution is -2.41. The second-order valence-corrected chi connectivity index (χ2v) is 8.55. The first kappa shape index (κ1) is 19.3. The van der Waals surface area contributed by atoms with Gasteiger partial charge < -0.3 is 14.7 Å². The van der Waals surface area contributed by atoms with Crippen LogP contribution >= 0.6 is 0 Å². The third-order valence-corrected chi connectivity index (χ3v) is 6.64. The normalized spacial score (nSPS) is 25.6. The zero-order valence-corrected chi connectivity index (χ0v) is 17.1. The summed E-state index contributed by atoms with van der Waals surface area (Å²) in [5.41, 5.74) is 2.12. The quantitative estimate of drug-likeness (QED) is 0.790. The van der Waals surface area contributed by atoms with Gasteiger partial charge in [0.1, 0.15) is 5.82 Å². The summed E-state index contributed by atoms with van der Waals surface area (Å²) in [6.45, 7) is 5.57. The molecule has 7 heteroatoms. The van der Waals surface area contributed by atoms with Crippen LogP contribution in [0.1, 0.15) is 62.0 Å². The Kier molecular flexibility index (Phi) is 5.62. The molecule has 1 aromatic rings. The van der Waals surface area contributed by atoms with Gasteiger partial charge in [0.15, 0.2) is 0 Å². The lowest BCUT2D eigenvalue weighted by atomic mass is 9.99. The van der Waals surface area contributed by atoms with Gasteiger partial charge in [0.2, 0.25) is 11.8 Å². The number of rotatable bonds is 3. The Morgan fingerprint density at radius 1 is 1.14 bits per heavy atom. The minimum absolute atomic E-state index is 0.100. The average Bonchev–Trinajstić information content (AvgIpc) is 3.19. The van der Waals surface area contributed by atoms with Crippen LogP contribution in [0.5, 0.6) is 0 Å². The fourth-order valence-corrected chi connectivity index (χ4v) is 4.73. The molecule has 0 aromatic carbocycles. The number of carbonyl (C=O) groups excluding carboxylic acids is 2. The number of hydrogen-bond acceptors (Lipinski definition) is 5. The molecule has 2 saturated heterocycles. The van der Waals surface area contributed by atoms with Gasteiger partial charge >= 0.3 is 0 Å². The van der Waals surface area contributed by atoms with E-state index in [2.05, 4.69) is 16.9 Å². The van der Waals surface area contributed by atoms with Gasteiger partial charge in [-0.1, -0.05) is 6.42 Å². The molecule has 28 heavy (non-hydrogen) atoms. The molecule has 3 aliphatic rings. The SMILES string of the molecule is CC(=O)N1CCc2nc([C@@H]3CCN(C(=O)C[C@@H]4CCCCN4C)C3)ncc2C1. The molecular formula is C21H31N5O2. The molecule has 7 nitrogen and oxygen atoms in total. The van der Waals surface area contributed by atoms with Crippen molar-refractivity contribution in [3.05, 3.63) is 23.3 Å². The standard InChI is InChI=1S/C21H31N5O2/c1-15(27)25-10-7-19-17(14-25)12-22-21(23-19)16-6-9-26(13-16)20(28)11-18-5-3-4-8-24(18)2/h12,16,18H,3-11,13-14H2,1-2H3/t16-,18+/m1/s1. The summed E-state index contributed by atoms with van der Waals surface area (Å²) in [6.07, 6.45) is 7.84. The van der Waals surface area contributed by atoms with Gasteiger partial charge in [-0.3, -0.25) is 9.59 Å². The fourth-order valence-electron chi connectivity index (χ4n) is 4.73. The summed E-state index contributed by atoms with van der Waals surface area (Å²) in [5.74, 6) is 1.46. The predicted molar refractivity (Wildman–Crippen MR) is 106 cm³/mol. The molecule has 0 aliphatic carbocycles. The number of fused-ring (bicyclic) bond motifs is 1. The molecule has 0 saturated carbocycles. The maximum Gasteiger partial charge on any atom is 0.224 e. The average molecular weight is 386 g/mol. The zero-order chi connectivity index (χ0) is 19.7. The number of likely N-dealkylation sites (tertiary alicyclic amines) is 2. The van der Waals surface area contributed by atoms with Crippen molar-refractivity contribution in [1.82, 2.24) is 24.7 Å². The molecule has 0 N–H and O–H groups in total. The Hall–Kier alpha value is -2.02. The van der Waals surface area contributed by atoms with Crippen molar-refractivity contribution in [3.8, 4) is 0 Å². The summed E-state index contributed by atoms with van der Waals surface area (Å²) >= 11 is 0. The minimum atomic E-state index is 0.100. The number of hydrogen-bond donors (Lipinski definition) is 0. The van der Waals surface area contributed by atoms with Gasteiger partial charge in [0, 0.05) is 69.7 Å². The van der Waals surface area contributed by atoms with E-state index >= 15 is 0 Å². The van der Waals surface area contributed by atoms with Crippen molar-refractivity contribution >= 4 is 11.8 Å². The monoisotopic (exact) mass is 385 g/mol. The molecule has 2 atom stereocenters. The van der Waals surface area contributed by atoms with Crippen LogP contribution in [0, 0.1) is 0 Å². The largest absolute Gasteiger partial charge is 0.342 e. The van der Waals surface area contributed by atoms with Gasteiger partial charge in [-0.2, -0.15) is 0 Å². The van der Waals surface area contributed by atoms with Gasteiger partial charge in [0.05, 0.1) is 5.69 Å². The van der Waals surface area contributed by atoms with E-state index in [-0.39, 0.29) is 17.7 Å². The van der Waals surface area contributed by atoms with E-state index in [0.29, 0.717) is 19.0 Å². The number of aromatic nitrogens is 2. The Labute approximate surface area is 167 Å². The van der Waals surface area contributed by atoms with E-state index in [9.17, 15) is 9.59 Å². The molecule has 1 aromatic heterocycles. The first-order valence-electron chi connectivity index (χ1n) is 10.6. The smallest absolute Gasteiger partial charge is 0.224 e. The minimum Gasteiger partial charge on any atom is -0.342 e. The molecule has 4 heterocycles. The number of nitrogens with zero attached hydrogens (tertiary/aromatic N) is 5. The van der Waals surface area contributed by atoms with Crippen molar-refractivity contribution in [2.75, 3.05) is 33.2 Å². The molecule has 0 bridgehead atoms. The highest BCUT2D eigenvalue weighted by atomic mass is 16.2. The van der Waals surface area contributed by atoms with Crippen LogP contribution in [0.4, 0.5) is 0 Å². The van der Waals surface area contributed by atoms with E-state index < -0.39 is 0 Å². The van der Waals surface area contributed by atoms with E-state index in [4.69, 9.17) is 4.98 Å². The van der Waals surface area contributed by atoms with Crippen molar-refractivity contribution in [1.29, 1.82) is 0 Å². The van der Waals surface area contributed by atoms with Crippen LogP contribution < -0.4 is 0 Å². The molecular weight excluding hydrogens is 354 g/mol. The molecule has 2 fully saturated rings. The van der Waals surface area contributed by atoms with Crippen LogP contribution in [-0.4, -0.2) is 75.8 Å². The Morgan fingerprint density at radius 2 is 2.00 bits per heavy atom. The second kappa shape index (κ2) is 8.15. The maximum atomic E-state index is 12.8. The van der Waals surface area contributed by atoms with Gasteiger partial charge in [-0.15, -0.1) is 0 Å². The maximum absolute atomic E-state index is 12.8. The molecule has 2 amide bonds. The van der Waals surface area contributed by atoms with Crippen LogP contribution in [0.15, 0.2) is 6.20 Å². The molecule has 0 spiro atoms. The molecule has 0 radical (unpaired) electrons. The van der Waals surface area contributed by atoms with Crippen molar-refractivity contribution in [3.63, 3.8) is 0 Å². The Balaban J connectivity index is 1.36. The van der Waals surface area contributed by atoms with E-state index in [1.54, 1.807) is 6.92 Å². The highest BCUT2D eigenvalue weighted by Crippen LogP contribution is 2.28. The van der Waals surface area contributed by atoms with Gasteiger partial charge in [-0.05, 0) is 32.9 Å². The summed E-state index contributed by atoms with van der Waals surface area (Å²) in [5, 5.41) is 0. The predicted octanol–water partition coefficient (Wildman–Crippen LogP) is 1.57. The van der Waals surface area contributed by atoms with Crippen LogP contribution in [0.3, 0.4) is 0 Å². The highest BCUT2D eigenvalue weighted by Gasteiger charge is 2.32. The summed E-state index contributed by atoms with van der Waals surface area (Å²) in [4.78, 5) is 40.0. The number of carbonyl (C=O) groups is 2. The third kappa shape index (κ3) is 4.04. The van der Waals surface area contributed by atoms with Crippen LogP contribution in [-0.2, 0) is 22.6 Å². The summed E-state index contributed by atoms with van der Waals surface area (Å²) < 4.78 is 0. The third-order valence-electron chi connectivity index (χ3n) is 6.64. The van der Waals surface area contributed by atoms with Gasteiger partial charge in [0.25, 0.3) is 0 Å². The molecule has 152 valence electrons. The Morgan fingerprint density at radius 3 is 2.79 bits per heavy atom. The second-order valence-electron chi connectivity index (χ2n) is 8.55. The lowest BCUT2D eigenvalue weighted by Gasteiger charge is -2.33. The van der Waals surface area contributed by atoms with Crippen molar-refractivity contribution in [2.24, 2.45) is 0 Å². The number of amides is 2. The molecule has 0 unspecified atom stereocenters. The molecule has 3 aliphatic heterocycles. The van der Waals surface area contributed by atoms with Crippen molar-refractivity contribution in [2.45, 2.75) is 64.0 Å².